The number of nitrogens with one attached hydrogen (secondary N) is 1. The van der Waals surface area contributed by atoms with Gasteiger partial charge in [-0.2, -0.15) is 0 Å². The topological polar surface area (TPSA) is 92.4 Å². The number of hydrogen-bond donors (Lipinski definition) is 2. The summed E-state index contributed by atoms with van der Waals surface area (Å²) < 4.78 is 4.96. The van der Waals surface area contributed by atoms with Crippen LogP contribution >= 0.6 is 0 Å². The molecular weight excluding hydrogens is 248 g/mol. The maximum absolute atomic E-state index is 11.9. The standard InChI is InChI=1S/C13H18N2O4/c1-7(2)5-10(13(17)18)14-12(16)11-6-9(15-19-11)8-3-4-8/h6-8,10H,3-5H2,1-2H3,(H,14,16)(H,17,18)/t10-/m0/s1. The van der Waals surface area contributed by atoms with Crippen molar-refractivity contribution in [2.75, 3.05) is 0 Å². The third-order valence-electron chi connectivity index (χ3n) is 3.06. The molecule has 0 radical (unpaired) electrons. The largest absolute Gasteiger partial charge is 0.480 e. The molecule has 19 heavy (non-hydrogen) atoms. The highest BCUT2D eigenvalue weighted by Crippen LogP contribution is 2.39. The van der Waals surface area contributed by atoms with Crippen LogP contribution in [-0.4, -0.2) is 28.2 Å². The molecule has 2 N–H and O–H groups in total. The fraction of sp³-hybridized carbons (Fsp3) is 0.615. The Hall–Kier alpha value is -1.85. The van der Waals surface area contributed by atoms with Crippen molar-refractivity contribution in [1.29, 1.82) is 0 Å². The molecule has 1 atom stereocenters. The van der Waals surface area contributed by atoms with Crippen molar-refractivity contribution >= 4 is 11.9 Å². The van der Waals surface area contributed by atoms with Crippen LogP contribution in [0.2, 0.25) is 0 Å². The van der Waals surface area contributed by atoms with Gasteiger partial charge in [0.2, 0.25) is 5.76 Å². The number of carboxylic acid groups (broad SMARTS) is 1. The molecule has 1 heterocycles. The van der Waals surface area contributed by atoms with Gasteiger partial charge in [0.1, 0.15) is 6.04 Å². The molecule has 1 aliphatic carbocycles. The van der Waals surface area contributed by atoms with E-state index in [0.29, 0.717) is 12.3 Å². The van der Waals surface area contributed by atoms with E-state index in [1.54, 1.807) is 6.07 Å². The first-order chi connectivity index (χ1) is 8.97. The lowest BCUT2D eigenvalue weighted by molar-refractivity contribution is -0.139. The first-order valence-corrected chi connectivity index (χ1v) is 6.47. The van der Waals surface area contributed by atoms with E-state index in [2.05, 4.69) is 10.5 Å². The van der Waals surface area contributed by atoms with E-state index in [1.165, 1.54) is 0 Å². The highest BCUT2D eigenvalue weighted by atomic mass is 16.5. The molecule has 6 heteroatoms. The van der Waals surface area contributed by atoms with Crippen LogP contribution in [0.3, 0.4) is 0 Å². The van der Waals surface area contributed by atoms with Gasteiger partial charge in [0.15, 0.2) is 0 Å². The molecule has 1 aliphatic rings. The SMILES string of the molecule is CC(C)C[C@H](NC(=O)c1cc(C2CC2)no1)C(=O)O. The van der Waals surface area contributed by atoms with Crippen molar-refractivity contribution in [3.63, 3.8) is 0 Å². The van der Waals surface area contributed by atoms with Crippen molar-refractivity contribution in [2.45, 2.75) is 45.1 Å². The second-order valence-corrected chi connectivity index (χ2v) is 5.38. The Morgan fingerprint density at radius 1 is 1.53 bits per heavy atom. The van der Waals surface area contributed by atoms with E-state index < -0.39 is 17.9 Å². The Labute approximate surface area is 111 Å². The van der Waals surface area contributed by atoms with Gasteiger partial charge < -0.3 is 14.9 Å². The number of carbonyl (C=O) groups is 2. The van der Waals surface area contributed by atoms with Crippen LogP contribution in [0, 0.1) is 5.92 Å². The van der Waals surface area contributed by atoms with Gasteiger partial charge in [-0.3, -0.25) is 4.79 Å². The molecule has 0 unspecified atom stereocenters. The molecule has 0 aromatic carbocycles. The molecule has 1 aromatic heterocycles. The Kier molecular flexibility index (Phi) is 3.87. The third kappa shape index (κ3) is 3.56. The summed E-state index contributed by atoms with van der Waals surface area (Å²) in [6, 6.07) is 0.698. The number of amides is 1. The summed E-state index contributed by atoms with van der Waals surface area (Å²) >= 11 is 0. The van der Waals surface area contributed by atoms with Gasteiger partial charge in [0, 0.05) is 12.0 Å². The normalized spacial score (nSPS) is 16.4. The van der Waals surface area contributed by atoms with Crippen LogP contribution in [0.4, 0.5) is 0 Å². The lowest BCUT2D eigenvalue weighted by Crippen LogP contribution is -2.41. The Balaban J connectivity index is 1.98. The monoisotopic (exact) mass is 266 g/mol. The third-order valence-corrected chi connectivity index (χ3v) is 3.06. The molecular formula is C13H18N2O4. The second-order valence-electron chi connectivity index (χ2n) is 5.38. The molecule has 1 amide bonds. The first kappa shape index (κ1) is 13.6. The van der Waals surface area contributed by atoms with E-state index in [0.717, 1.165) is 18.5 Å². The molecule has 0 aliphatic heterocycles. The van der Waals surface area contributed by atoms with E-state index in [9.17, 15) is 9.59 Å². The van der Waals surface area contributed by atoms with Gasteiger partial charge in [-0.15, -0.1) is 0 Å². The van der Waals surface area contributed by atoms with Gasteiger partial charge in [-0.25, -0.2) is 4.79 Å². The van der Waals surface area contributed by atoms with Crippen molar-refractivity contribution in [3.05, 3.63) is 17.5 Å². The lowest BCUT2D eigenvalue weighted by atomic mass is 10.0. The number of rotatable bonds is 6. The van der Waals surface area contributed by atoms with Crippen LogP contribution in [0.25, 0.3) is 0 Å². The Bertz CT molecular complexity index is 477. The van der Waals surface area contributed by atoms with E-state index in [1.807, 2.05) is 13.8 Å². The van der Waals surface area contributed by atoms with Crippen LogP contribution in [0.5, 0.6) is 0 Å². The smallest absolute Gasteiger partial charge is 0.326 e. The van der Waals surface area contributed by atoms with Crippen LogP contribution in [0.1, 0.15) is 55.3 Å². The molecule has 1 fully saturated rings. The number of aliphatic carboxylic acids is 1. The van der Waals surface area contributed by atoms with Crippen LogP contribution in [0.15, 0.2) is 10.6 Å². The van der Waals surface area contributed by atoms with Crippen LogP contribution < -0.4 is 5.32 Å². The highest BCUT2D eigenvalue weighted by Gasteiger charge is 2.29. The van der Waals surface area contributed by atoms with Crippen molar-refractivity contribution in [1.82, 2.24) is 10.5 Å². The predicted molar refractivity (Wildman–Crippen MR) is 66.8 cm³/mol. The number of carbonyl (C=O) groups excluding carboxylic acids is 1. The average Bonchev–Trinajstić information content (AvgIpc) is 3.05. The fourth-order valence-electron chi connectivity index (χ4n) is 1.89. The number of hydrogen-bond acceptors (Lipinski definition) is 4. The zero-order chi connectivity index (χ0) is 14.0. The summed E-state index contributed by atoms with van der Waals surface area (Å²) in [6.07, 6.45) is 2.52. The first-order valence-electron chi connectivity index (χ1n) is 6.47. The molecule has 104 valence electrons. The number of aromatic nitrogens is 1. The van der Waals surface area contributed by atoms with E-state index in [4.69, 9.17) is 9.63 Å². The summed E-state index contributed by atoms with van der Waals surface area (Å²) in [7, 11) is 0. The summed E-state index contributed by atoms with van der Waals surface area (Å²) in [6.45, 7) is 3.81. The number of carboxylic acids is 1. The van der Waals surface area contributed by atoms with Gasteiger partial charge in [-0.05, 0) is 25.2 Å². The van der Waals surface area contributed by atoms with Crippen molar-refractivity contribution in [2.24, 2.45) is 5.92 Å². The molecule has 2 rings (SSSR count). The molecule has 0 bridgehead atoms. The highest BCUT2D eigenvalue weighted by molar-refractivity contribution is 5.94. The van der Waals surface area contributed by atoms with Crippen molar-refractivity contribution in [3.8, 4) is 0 Å². The maximum Gasteiger partial charge on any atom is 0.326 e. The Morgan fingerprint density at radius 2 is 2.21 bits per heavy atom. The minimum absolute atomic E-state index is 0.0805. The molecule has 1 saturated carbocycles. The molecule has 1 aromatic rings. The van der Waals surface area contributed by atoms with Gasteiger partial charge in [-0.1, -0.05) is 19.0 Å². The van der Waals surface area contributed by atoms with E-state index >= 15 is 0 Å². The zero-order valence-corrected chi connectivity index (χ0v) is 11.0. The average molecular weight is 266 g/mol. The summed E-state index contributed by atoms with van der Waals surface area (Å²) in [5, 5.41) is 15.4. The number of nitrogens with zero attached hydrogens (tertiary/aromatic N) is 1. The molecule has 6 nitrogen and oxygen atoms in total. The zero-order valence-electron chi connectivity index (χ0n) is 11.0. The minimum atomic E-state index is -1.04. The summed E-state index contributed by atoms with van der Waals surface area (Å²) in [4.78, 5) is 23.0. The van der Waals surface area contributed by atoms with E-state index in [-0.39, 0.29) is 11.7 Å². The van der Waals surface area contributed by atoms with Gasteiger partial charge >= 0.3 is 5.97 Å². The predicted octanol–water partition coefficient (Wildman–Crippen LogP) is 1.78. The Morgan fingerprint density at radius 3 is 2.74 bits per heavy atom. The van der Waals surface area contributed by atoms with Gasteiger partial charge in [0.25, 0.3) is 5.91 Å². The van der Waals surface area contributed by atoms with Crippen molar-refractivity contribution < 1.29 is 19.2 Å². The quantitative estimate of drug-likeness (QED) is 0.818. The summed E-state index contributed by atoms with van der Waals surface area (Å²) in [5.41, 5.74) is 0.779. The maximum atomic E-state index is 11.9. The van der Waals surface area contributed by atoms with Crippen LogP contribution in [-0.2, 0) is 4.79 Å². The lowest BCUT2D eigenvalue weighted by Gasteiger charge is -2.15. The fourth-order valence-corrected chi connectivity index (χ4v) is 1.89. The van der Waals surface area contributed by atoms with Gasteiger partial charge in [0.05, 0.1) is 5.69 Å². The summed E-state index contributed by atoms with van der Waals surface area (Å²) in [5.74, 6) is -0.900. The molecule has 0 saturated heterocycles. The molecule has 0 spiro atoms. The second kappa shape index (κ2) is 5.42. The minimum Gasteiger partial charge on any atom is -0.480 e.